The summed E-state index contributed by atoms with van der Waals surface area (Å²) in [6.07, 6.45) is 37.3. The fraction of sp³-hybridized carbons (Fsp3) is 0.897. The number of rotatable bonds is 24. The molecular weight excluding hydrogens is 376 g/mol. The first-order valence-corrected chi connectivity index (χ1v) is 14.3. The Labute approximate surface area is 196 Å². The summed E-state index contributed by atoms with van der Waals surface area (Å²) in [4.78, 5) is 8.60. The fourth-order valence-corrected chi connectivity index (χ4v) is 4.86. The van der Waals surface area contributed by atoms with Gasteiger partial charge in [-0.05, 0) is 12.3 Å². The van der Waals surface area contributed by atoms with Gasteiger partial charge in [-0.1, -0.05) is 159 Å². The van der Waals surface area contributed by atoms with Crippen LogP contribution in [0.15, 0.2) is 9.98 Å². The number of hydrogen-bond donors (Lipinski definition) is 0. The zero-order chi connectivity index (χ0) is 22.2. The molecule has 1 aliphatic rings. The average molecular weight is 432 g/mol. The van der Waals surface area contributed by atoms with Crippen molar-refractivity contribution in [2.45, 2.75) is 162 Å². The third-order valence-corrected chi connectivity index (χ3v) is 6.96. The lowest BCUT2D eigenvalue weighted by atomic mass is 9.90. The molecule has 1 unspecified atom stereocenters. The lowest BCUT2D eigenvalue weighted by Crippen LogP contribution is -2.02. The summed E-state index contributed by atoms with van der Waals surface area (Å²) < 4.78 is 0. The van der Waals surface area contributed by atoms with Gasteiger partial charge in [-0.2, -0.15) is 0 Å². The van der Waals surface area contributed by atoms with E-state index in [0.29, 0.717) is 0 Å². The monoisotopic (exact) mass is 431 g/mol. The summed E-state index contributed by atoms with van der Waals surface area (Å²) in [5.74, 6) is 0.962. The molecule has 2 nitrogen and oxygen atoms in total. The van der Waals surface area contributed by atoms with E-state index in [1.807, 2.05) is 12.4 Å². The Morgan fingerprint density at radius 2 is 0.839 bits per heavy atom. The van der Waals surface area contributed by atoms with Crippen molar-refractivity contribution in [3.8, 4) is 0 Å². The molecule has 0 fully saturated rings. The second kappa shape index (κ2) is 22.4. The molecule has 1 aliphatic heterocycles. The number of nitrogens with zero attached hydrogens (tertiary/aromatic N) is 2. The third kappa shape index (κ3) is 18.5. The molecule has 2 heteroatoms. The molecule has 1 heterocycles. The van der Waals surface area contributed by atoms with Gasteiger partial charge in [0.15, 0.2) is 12.4 Å². The van der Waals surface area contributed by atoms with E-state index in [-0.39, 0.29) is 0 Å². The number of unbranched alkanes of at least 4 members (excludes halogenated alkanes) is 16. The van der Waals surface area contributed by atoms with Gasteiger partial charge < -0.3 is 0 Å². The molecule has 0 aromatic rings. The van der Waals surface area contributed by atoms with E-state index in [1.165, 1.54) is 141 Å². The van der Waals surface area contributed by atoms with Gasteiger partial charge in [0.25, 0.3) is 0 Å². The zero-order valence-electron chi connectivity index (χ0n) is 21.4. The van der Waals surface area contributed by atoms with Crippen LogP contribution in [0.4, 0.5) is 0 Å². The Kier molecular flexibility index (Phi) is 20.4. The minimum atomic E-state index is 0.962. The first kappa shape index (κ1) is 28.2. The molecule has 0 aliphatic carbocycles. The fourth-order valence-electron chi connectivity index (χ4n) is 4.86. The van der Waals surface area contributed by atoms with Crippen LogP contribution in [0.1, 0.15) is 162 Å². The molecule has 0 saturated carbocycles. The Balaban J connectivity index is 1.93. The topological polar surface area (TPSA) is 24.7 Å². The molecule has 0 amide bonds. The molecule has 0 aromatic carbocycles. The van der Waals surface area contributed by atoms with Crippen molar-refractivity contribution < 1.29 is 0 Å². The quantitative estimate of drug-likeness (QED) is 0.107. The van der Waals surface area contributed by atoms with Crippen molar-refractivity contribution >= 4 is 12.4 Å². The van der Waals surface area contributed by atoms with Gasteiger partial charge in [-0.25, -0.2) is 0 Å². The molecule has 0 spiro atoms. The predicted octanol–water partition coefficient (Wildman–Crippen LogP) is 10.3. The van der Waals surface area contributed by atoms with E-state index in [0.717, 1.165) is 18.5 Å². The van der Waals surface area contributed by atoms with Crippen molar-refractivity contribution in [2.24, 2.45) is 15.9 Å². The largest absolute Gasteiger partial charge is 0.240 e. The summed E-state index contributed by atoms with van der Waals surface area (Å²) in [6.45, 7) is 4.62. The SMILES string of the molecule is CCCCCCCCCCCCCCCCC(CCCCC)CCCC[C+]1N=CC=N1. The van der Waals surface area contributed by atoms with Crippen LogP contribution in [0, 0.1) is 12.1 Å². The maximum absolute atomic E-state index is 4.30. The molecule has 180 valence electrons. The van der Waals surface area contributed by atoms with Gasteiger partial charge in [-0.3, -0.25) is 0 Å². The van der Waals surface area contributed by atoms with E-state index in [1.54, 1.807) is 0 Å². The molecule has 0 aromatic heterocycles. The van der Waals surface area contributed by atoms with Crippen LogP contribution < -0.4 is 0 Å². The Hall–Kier alpha value is -0.790. The van der Waals surface area contributed by atoms with Crippen LogP contribution in [-0.4, -0.2) is 12.4 Å². The standard InChI is InChI=1S/C29H55N2/c1-3-5-7-8-9-10-11-12-13-14-15-16-17-19-23-28(22-18-6-4-2)24-20-21-25-29-30-26-27-31-29/h26-28H,3-25H2,1-2H3/q+1. The first-order valence-electron chi connectivity index (χ1n) is 14.3. The summed E-state index contributed by atoms with van der Waals surface area (Å²) in [7, 11) is 0. The molecular formula is C29H55N2+. The van der Waals surface area contributed by atoms with Gasteiger partial charge >= 0.3 is 0 Å². The highest BCUT2D eigenvalue weighted by molar-refractivity contribution is 6.18. The van der Waals surface area contributed by atoms with Crippen LogP contribution in [0.5, 0.6) is 0 Å². The van der Waals surface area contributed by atoms with Crippen molar-refractivity contribution in [3.05, 3.63) is 6.17 Å². The van der Waals surface area contributed by atoms with Crippen LogP contribution in [0.3, 0.4) is 0 Å². The summed E-state index contributed by atoms with van der Waals surface area (Å²) >= 11 is 0. The van der Waals surface area contributed by atoms with Crippen LogP contribution in [-0.2, 0) is 0 Å². The third-order valence-electron chi connectivity index (χ3n) is 6.96. The van der Waals surface area contributed by atoms with Gasteiger partial charge in [0, 0.05) is 0 Å². The second-order valence-electron chi connectivity index (χ2n) is 9.97. The van der Waals surface area contributed by atoms with Crippen molar-refractivity contribution in [3.63, 3.8) is 0 Å². The van der Waals surface area contributed by atoms with E-state index in [2.05, 4.69) is 23.8 Å². The summed E-state index contributed by atoms with van der Waals surface area (Å²) in [5.41, 5.74) is 0. The normalized spacial score (nSPS) is 14.1. The minimum absolute atomic E-state index is 0.962. The molecule has 0 radical (unpaired) electrons. The highest BCUT2D eigenvalue weighted by Crippen LogP contribution is 2.25. The molecule has 0 saturated heterocycles. The molecule has 0 bridgehead atoms. The molecule has 31 heavy (non-hydrogen) atoms. The Morgan fingerprint density at radius 1 is 0.484 bits per heavy atom. The van der Waals surface area contributed by atoms with Crippen molar-refractivity contribution in [2.75, 3.05) is 0 Å². The van der Waals surface area contributed by atoms with Crippen LogP contribution >= 0.6 is 0 Å². The number of aliphatic imine (C=N–C) groups is 2. The highest BCUT2D eigenvalue weighted by Gasteiger charge is 2.15. The maximum atomic E-state index is 4.30. The summed E-state index contributed by atoms with van der Waals surface area (Å²) in [5, 5.41) is 0. The smallest absolute Gasteiger partial charge is 0.0968 e. The Bertz CT molecular complexity index is 403. The molecule has 1 rings (SSSR count). The van der Waals surface area contributed by atoms with Gasteiger partial charge in [0.1, 0.15) is 0 Å². The van der Waals surface area contributed by atoms with E-state index < -0.39 is 0 Å². The van der Waals surface area contributed by atoms with Crippen molar-refractivity contribution in [1.82, 2.24) is 0 Å². The lowest BCUT2D eigenvalue weighted by molar-refractivity contribution is 0.369. The van der Waals surface area contributed by atoms with Gasteiger partial charge in [0.05, 0.1) is 6.42 Å². The maximum Gasteiger partial charge on any atom is 0.240 e. The van der Waals surface area contributed by atoms with Crippen molar-refractivity contribution in [1.29, 1.82) is 0 Å². The number of hydrogen-bond acceptors (Lipinski definition) is 2. The Morgan fingerprint density at radius 3 is 1.32 bits per heavy atom. The zero-order valence-corrected chi connectivity index (χ0v) is 21.4. The first-order chi connectivity index (χ1) is 15.4. The average Bonchev–Trinajstić information content (AvgIpc) is 3.30. The molecule has 0 N–H and O–H groups in total. The van der Waals surface area contributed by atoms with Crippen LogP contribution in [0.25, 0.3) is 0 Å². The van der Waals surface area contributed by atoms with Gasteiger partial charge in [-0.15, -0.1) is 0 Å². The lowest BCUT2D eigenvalue weighted by Gasteiger charge is -2.16. The molecule has 1 atom stereocenters. The van der Waals surface area contributed by atoms with E-state index in [4.69, 9.17) is 0 Å². The van der Waals surface area contributed by atoms with E-state index in [9.17, 15) is 0 Å². The van der Waals surface area contributed by atoms with Gasteiger partial charge in [0.2, 0.25) is 6.17 Å². The predicted molar refractivity (Wildman–Crippen MR) is 141 cm³/mol. The second-order valence-corrected chi connectivity index (χ2v) is 9.97. The van der Waals surface area contributed by atoms with E-state index >= 15 is 0 Å². The highest BCUT2D eigenvalue weighted by atomic mass is 15.0. The van der Waals surface area contributed by atoms with Crippen LogP contribution in [0.2, 0.25) is 0 Å². The minimum Gasteiger partial charge on any atom is -0.0968 e. The summed E-state index contributed by atoms with van der Waals surface area (Å²) in [6, 6.07) is 0.